The smallest absolute Gasteiger partial charge is 0.258 e. The summed E-state index contributed by atoms with van der Waals surface area (Å²) in [5.41, 5.74) is 5.35. The molecule has 1 aliphatic carbocycles. The monoisotopic (exact) mass is 518 g/mol. The van der Waals surface area contributed by atoms with E-state index in [1.807, 2.05) is 6.07 Å². The summed E-state index contributed by atoms with van der Waals surface area (Å²) in [6.45, 7) is 4.67. The molecule has 0 radical (unpaired) electrons. The van der Waals surface area contributed by atoms with E-state index in [1.165, 1.54) is 17.2 Å². The van der Waals surface area contributed by atoms with Crippen molar-refractivity contribution < 1.29 is 9.53 Å². The van der Waals surface area contributed by atoms with E-state index in [2.05, 4.69) is 39.5 Å². The minimum atomic E-state index is -0.119. The molecular formula is C29H31ClN4O3. The van der Waals surface area contributed by atoms with Gasteiger partial charge in [-0.15, -0.1) is 0 Å². The van der Waals surface area contributed by atoms with Crippen LogP contribution in [0.25, 0.3) is 11.8 Å². The van der Waals surface area contributed by atoms with E-state index in [0.29, 0.717) is 10.8 Å². The number of likely N-dealkylation sites (tertiary alicyclic amines) is 1. The zero-order valence-corrected chi connectivity index (χ0v) is 21.7. The van der Waals surface area contributed by atoms with Crippen molar-refractivity contribution in [2.45, 2.75) is 51.8 Å². The molecule has 192 valence electrons. The van der Waals surface area contributed by atoms with E-state index in [1.54, 1.807) is 36.0 Å². The predicted molar refractivity (Wildman–Crippen MR) is 145 cm³/mol. The molecule has 0 unspecified atom stereocenters. The van der Waals surface area contributed by atoms with Gasteiger partial charge in [-0.05, 0) is 73.2 Å². The van der Waals surface area contributed by atoms with Crippen LogP contribution in [0.5, 0.6) is 5.75 Å². The van der Waals surface area contributed by atoms with Gasteiger partial charge >= 0.3 is 0 Å². The van der Waals surface area contributed by atoms with Crippen LogP contribution in [0.3, 0.4) is 0 Å². The summed E-state index contributed by atoms with van der Waals surface area (Å²) in [7, 11) is 0. The minimum Gasteiger partial charge on any atom is -0.487 e. The van der Waals surface area contributed by atoms with Crippen LogP contribution in [0.2, 0.25) is 5.02 Å². The fraction of sp³-hybridized carbons (Fsp3) is 0.345. The van der Waals surface area contributed by atoms with Crippen molar-refractivity contribution in [2.24, 2.45) is 0 Å². The van der Waals surface area contributed by atoms with E-state index >= 15 is 0 Å². The zero-order valence-electron chi connectivity index (χ0n) is 21.0. The number of carbonyl (C=O) groups is 1. The van der Waals surface area contributed by atoms with Crippen molar-refractivity contribution in [3.8, 4) is 5.75 Å². The molecule has 0 bridgehead atoms. The Labute approximate surface area is 221 Å². The van der Waals surface area contributed by atoms with Crippen molar-refractivity contribution in [1.29, 1.82) is 0 Å². The van der Waals surface area contributed by atoms with Crippen LogP contribution >= 0.6 is 11.6 Å². The summed E-state index contributed by atoms with van der Waals surface area (Å²) in [6.07, 6.45) is 9.27. The average molecular weight is 519 g/mol. The highest BCUT2D eigenvalue weighted by Crippen LogP contribution is 2.28. The van der Waals surface area contributed by atoms with Gasteiger partial charge in [0.15, 0.2) is 0 Å². The third-order valence-corrected chi connectivity index (χ3v) is 7.10. The van der Waals surface area contributed by atoms with E-state index in [-0.39, 0.29) is 24.1 Å². The number of allylic oxidation sites excluding steroid dienone is 1. The van der Waals surface area contributed by atoms with Crippen LogP contribution in [0.15, 0.2) is 59.7 Å². The molecule has 3 heterocycles. The number of amides is 1. The van der Waals surface area contributed by atoms with Gasteiger partial charge in [0.25, 0.3) is 5.56 Å². The summed E-state index contributed by atoms with van der Waals surface area (Å²) in [5.74, 6) is 0.553. The lowest BCUT2D eigenvalue weighted by Crippen LogP contribution is -2.46. The SMILES string of the molecule is CC(=O)N[C@@H]1CCCN(Cc2ccc3c(c2)CCC(n2ccc(OCc4ccc(Cl)cn4)cc2=O)=C3)C1. The Morgan fingerprint density at radius 2 is 2.08 bits per heavy atom. The number of nitrogens with zero attached hydrogens (tertiary/aromatic N) is 3. The highest BCUT2D eigenvalue weighted by molar-refractivity contribution is 6.30. The highest BCUT2D eigenvalue weighted by Gasteiger charge is 2.21. The van der Waals surface area contributed by atoms with E-state index in [4.69, 9.17) is 16.3 Å². The zero-order chi connectivity index (χ0) is 25.8. The molecule has 3 aromatic rings. The van der Waals surface area contributed by atoms with Gasteiger partial charge in [0.1, 0.15) is 12.4 Å². The van der Waals surface area contributed by atoms with Gasteiger partial charge < -0.3 is 10.1 Å². The molecule has 2 aromatic heterocycles. The topological polar surface area (TPSA) is 76.5 Å². The molecule has 1 fully saturated rings. The fourth-order valence-corrected chi connectivity index (χ4v) is 5.23. The highest BCUT2D eigenvalue weighted by atomic mass is 35.5. The number of nitrogens with one attached hydrogen (secondary N) is 1. The number of halogens is 1. The summed E-state index contributed by atoms with van der Waals surface area (Å²) in [5, 5.41) is 3.63. The molecule has 1 aliphatic heterocycles. The van der Waals surface area contributed by atoms with E-state index < -0.39 is 0 Å². The Kier molecular flexibility index (Phi) is 7.72. The second-order valence-electron chi connectivity index (χ2n) is 9.77. The summed E-state index contributed by atoms with van der Waals surface area (Å²) in [6, 6.07) is 13.7. The van der Waals surface area contributed by atoms with Crippen LogP contribution < -0.4 is 15.6 Å². The largest absolute Gasteiger partial charge is 0.487 e. The third kappa shape index (κ3) is 6.48. The molecule has 0 saturated carbocycles. The number of hydrogen-bond donors (Lipinski definition) is 1. The molecule has 1 aromatic carbocycles. The Hall–Kier alpha value is -3.42. The summed E-state index contributed by atoms with van der Waals surface area (Å²) >= 11 is 5.87. The maximum absolute atomic E-state index is 12.9. The van der Waals surface area contributed by atoms with Gasteiger partial charge in [0.2, 0.25) is 5.91 Å². The van der Waals surface area contributed by atoms with E-state index in [9.17, 15) is 9.59 Å². The molecule has 1 amide bonds. The number of fused-ring (bicyclic) bond motifs is 1. The van der Waals surface area contributed by atoms with Gasteiger partial charge in [-0.3, -0.25) is 24.0 Å². The van der Waals surface area contributed by atoms with Crippen LogP contribution in [0, 0.1) is 0 Å². The fourth-order valence-electron chi connectivity index (χ4n) is 5.12. The van der Waals surface area contributed by atoms with Gasteiger partial charge in [0, 0.05) is 50.2 Å². The van der Waals surface area contributed by atoms with Gasteiger partial charge in [-0.25, -0.2) is 0 Å². The molecule has 5 rings (SSSR count). The van der Waals surface area contributed by atoms with Gasteiger partial charge in [0.05, 0.1) is 10.7 Å². The lowest BCUT2D eigenvalue weighted by molar-refractivity contribution is -0.120. The Bertz CT molecular complexity index is 1370. The molecule has 37 heavy (non-hydrogen) atoms. The van der Waals surface area contributed by atoms with Gasteiger partial charge in [-0.2, -0.15) is 0 Å². The Balaban J connectivity index is 1.24. The number of aryl methyl sites for hydroxylation is 1. The van der Waals surface area contributed by atoms with E-state index in [0.717, 1.165) is 62.3 Å². The number of piperidine rings is 1. The number of pyridine rings is 2. The van der Waals surface area contributed by atoms with Crippen LogP contribution in [0.1, 0.15) is 48.6 Å². The second-order valence-corrected chi connectivity index (χ2v) is 10.2. The maximum Gasteiger partial charge on any atom is 0.258 e. The number of rotatable bonds is 7. The molecule has 1 atom stereocenters. The van der Waals surface area contributed by atoms with Crippen LogP contribution in [0.4, 0.5) is 0 Å². The number of carbonyl (C=O) groups excluding carboxylic acids is 1. The van der Waals surface area contributed by atoms with Crippen LogP contribution in [-0.2, 0) is 24.4 Å². The van der Waals surface area contributed by atoms with Crippen molar-refractivity contribution in [2.75, 3.05) is 13.1 Å². The normalized spacial score (nSPS) is 17.6. The third-order valence-electron chi connectivity index (χ3n) is 6.87. The first-order chi connectivity index (χ1) is 17.9. The summed E-state index contributed by atoms with van der Waals surface area (Å²) < 4.78 is 7.44. The first kappa shape index (κ1) is 25.2. The van der Waals surface area contributed by atoms with Gasteiger partial charge in [-0.1, -0.05) is 29.8 Å². The molecule has 1 saturated heterocycles. The quantitative estimate of drug-likeness (QED) is 0.497. The molecule has 0 spiro atoms. The lowest BCUT2D eigenvalue weighted by atomic mass is 9.93. The first-order valence-electron chi connectivity index (χ1n) is 12.7. The first-order valence-corrected chi connectivity index (χ1v) is 13.1. The minimum absolute atomic E-state index is 0.0414. The number of ether oxygens (including phenoxy) is 1. The van der Waals surface area contributed by atoms with Crippen molar-refractivity contribution in [1.82, 2.24) is 19.8 Å². The van der Waals surface area contributed by atoms with Crippen molar-refractivity contribution in [3.05, 3.63) is 92.6 Å². The molecule has 1 N–H and O–H groups in total. The number of hydrogen-bond acceptors (Lipinski definition) is 5. The van der Waals surface area contributed by atoms with Crippen molar-refractivity contribution in [3.63, 3.8) is 0 Å². The molecular weight excluding hydrogens is 488 g/mol. The average Bonchev–Trinajstić information content (AvgIpc) is 2.88. The summed E-state index contributed by atoms with van der Waals surface area (Å²) in [4.78, 5) is 30.9. The molecule has 2 aliphatic rings. The Morgan fingerprint density at radius 1 is 1.19 bits per heavy atom. The van der Waals surface area contributed by atoms with Crippen molar-refractivity contribution >= 4 is 29.3 Å². The standard InChI is InChI=1S/C29H31ClN4O3/c1-20(35)32-25-3-2-11-33(18-25)17-21-4-5-23-14-27(9-6-22(23)13-21)34-12-10-28(15-29(34)36)37-19-26-8-7-24(30)16-31-26/h4-5,7-8,10,12-16,25H,2-3,6,9,11,17-19H2,1H3,(H,32,35)/t25-/m1/s1. The predicted octanol–water partition coefficient (Wildman–Crippen LogP) is 4.52. The number of aromatic nitrogens is 2. The lowest BCUT2D eigenvalue weighted by Gasteiger charge is -2.33. The molecule has 8 heteroatoms. The number of benzene rings is 1. The maximum atomic E-state index is 12.9. The second kappa shape index (κ2) is 11.3. The molecule has 7 nitrogen and oxygen atoms in total. The van der Waals surface area contributed by atoms with Crippen LogP contribution in [-0.4, -0.2) is 39.5 Å². The Morgan fingerprint density at radius 3 is 2.86 bits per heavy atom.